The van der Waals surface area contributed by atoms with Crippen molar-refractivity contribution >= 4 is 15.9 Å². The van der Waals surface area contributed by atoms with Crippen molar-refractivity contribution in [3.8, 4) is 0 Å². The summed E-state index contributed by atoms with van der Waals surface area (Å²) in [6.07, 6.45) is 3.43. The Hall–Kier alpha value is -1.41. The van der Waals surface area contributed by atoms with Crippen molar-refractivity contribution in [1.82, 2.24) is 15.1 Å². The highest BCUT2D eigenvalue weighted by Crippen LogP contribution is 2.28. The zero-order valence-corrected chi connectivity index (χ0v) is 12.5. The molecule has 1 aliphatic carbocycles. The Kier molecular flexibility index (Phi) is 4.14. The highest BCUT2D eigenvalue weighted by Gasteiger charge is 2.30. The molecule has 0 aromatic carbocycles. The van der Waals surface area contributed by atoms with Crippen LogP contribution < -0.4 is 5.14 Å². The van der Waals surface area contributed by atoms with E-state index < -0.39 is 10.0 Å². The minimum Gasteiger partial charge on any atom is -0.337 e. The van der Waals surface area contributed by atoms with Gasteiger partial charge in [-0.25, -0.2) is 13.6 Å². The molecule has 7 nitrogen and oxygen atoms in total. The molecule has 1 aromatic rings. The number of nitrogens with zero attached hydrogens (tertiary/aromatic N) is 2. The summed E-state index contributed by atoms with van der Waals surface area (Å²) >= 11 is 0. The normalized spacial score (nSPS) is 15.9. The van der Waals surface area contributed by atoms with Crippen molar-refractivity contribution in [2.45, 2.75) is 38.0 Å². The third kappa shape index (κ3) is 2.85. The van der Waals surface area contributed by atoms with Gasteiger partial charge in [0.15, 0.2) is 5.69 Å². The van der Waals surface area contributed by atoms with Crippen LogP contribution in [0.15, 0.2) is 4.90 Å². The summed E-state index contributed by atoms with van der Waals surface area (Å²) < 4.78 is 23.2. The Morgan fingerprint density at radius 3 is 2.60 bits per heavy atom. The average molecular weight is 300 g/mol. The van der Waals surface area contributed by atoms with E-state index in [0.29, 0.717) is 19.0 Å². The van der Waals surface area contributed by atoms with Crippen molar-refractivity contribution in [2.24, 2.45) is 11.1 Å². The highest BCUT2D eigenvalue weighted by molar-refractivity contribution is 7.89. The molecule has 1 heterocycles. The fourth-order valence-electron chi connectivity index (χ4n) is 2.40. The number of aromatic amines is 1. The lowest BCUT2D eigenvalue weighted by Crippen LogP contribution is -2.38. The Balaban J connectivity index is 2.27. The van der Waals surface area contributed by atoms with E-state index in [1.807, 2.05) is 6.92 Å². The van der Waals surface area contributed by atoms with Crippen LogP contribution in [0.2, 0.25) is 0 Å². The predicted octanol–water partition coefficient (Wildman–Crippen LogP) is 0.628. The zero-order valence-electron chi connectivity index (χ0n) is 11.7. The number of aromatic nitrogens is 2. The molecule has 0 atom stereocenters. The summed E-state index contributed by atoms with van der Waals surface area (Å²) in [5.41, 5.74) is 0.182. The highest BCUT2D eigenvalue weighted by atomic mass is 32.2. The quantitative estimate of drug-likeness (QED) is 0.831. The number of hydrogen-bond donors (Lipinski definition) is 2. The molecular formula is C12H20N4O3S. The second-order valence-corrected chi connectivity index (χ2v) is 6.71. The van der Waals surface area contributed by atoms with Crippen LogP contribution in [0, 0.1) is 12.8 Å². The Bertz CT molecular complexity index is 604. The largest absolute Gasteiger partial charge is 0.337 e. The number of hydrogen-bond acceptors (Lipinski definition) is 4. The third-order valence-electron chi connectivity index (χ3n) is 3.75. The maximum absolute atomic E-state index is 12.5. The summed E-state index contributed by atoms with van der Waals surface area (Å²) in [5, 5.41) is 11.5. The van der Waals surface area contributed by atoms with E-state index in [1.165, 1.54) is 13.3 Å². The Morgan fingerprint density at radius 1 is 1.50 bits per heavy atom. The van der Waals surface area contributed by atoms with E-state index in [4.69, 9.17) is 5.14 Å². The van der Waals surface area contributed by atoms with Gasteiger partial charge in [0.1, 0.15) is 4.90 Å². The third-order valence-corrected chi connectivity index (χ3v) is 4.82. The number of H-pyrrole nitrogens is 1. The smallest absolute Gasteiger partial charge is 0.275 e. The number of nitrogens with one attached hydrogen (secondary N) is 1. The fourth-order valence-corrected chi connectivity index (χ4v) is 3.28. The molecule has 1 aromatic heterocycles. The van der Waals surface area contributed by atoms with E-state index in [2.05, 4.69) is 10.2 Å². The molecule has 1 aliphatic rings. The SMILES string of the molecule is CCN(CC1CCC1)C(=O)c1n[nH]c(C)c1S(N)(=O)=O. The lowest BCUT2D eigenvalue weighted by molar-refractivity contribution is 0.0696. The van der Waals surface area contributed by atoms with Crippen LogP contribution in [0.5, 0.6) is 0 Å². The number of aryl methyl sites for hydroxylation is 1. The topological polar surface area (TPSA) is 109 Å². The zero-order chi connectivity index (χ0) is 14.9. The van der Waals surface area contributed by atoms with E-state index >= 15 is 0 Å². The van der Waals surface area contributed by atoms with Crippen LogP contribution in [0.25, 0.3) is 0 Å². The van der Waals surface area contributed by atoms with Crippen molar-refractivity contribution in [1.29, 1.82) is 0 Å². The lowest BCUT2D eigenvalue weighted by Gasteiger charge is -2.31. The predicted molar refractivity (Wildman–Crippen MR) is 73.6 cm³/mol. The molecule has 0 bridgehead atoms. The maximum atomic E-state index is 12.5. The molecule has 112 valence electrons. The van der Waals surface area contributed by atoms with E-state index in [9.17, 15) is 13.2 Å². The molecule has 0 saturated heterocycles. The van der Waals surface area contributed by atoms with Gasteiger partial charge in [-0.2, -0.15) is 5.10 Å². The lowest BCUT2D eigenvalue weighted by atomic mass is 9.85. The summed E-state index contributed by atoms with van der Waals surface area (Å²) in [4.78, 5) is 13.9. The summed E-state index contributed by atoms with van der Waals surface area (Å²) in [6, 6.07) is 0. The number of carbonyl (C=O) groups is 1. The van der Waals surface area contributed by atoms with Gasteiger partial charge in [-0.3, -0.25) is 9.89 Å². The number of carbonyl (C=O) groups excluding carboxylic acids is 1. The van der Waals surface area contributed by atoms with Gasteiger partial charge in [0, 0.05) is 13.1 Å². The van der Waals surface area contributed by atoms with Crippen LogP contribution >= 0.6 is 0 Å². The Labute approximate surface area is 118 Å². The molecule has 20 heavy (non-hydrogen) atoms. The van der Waals surface area contributed by atoms with Crippen LogP contribution in [0.4, 0.5) is 0 Å². The van der Waals surface area contributed by atoms with Gasteiger partial charge in [-0.1, -0.05) is 6.42 Å². The molecule has 0 spiro atoms. The van der Waals surface area contributed by atoms with Crippen molar-refractivity contribution in [3.63, 3.8) is 0 Å². The molecule has 2 rings (SSSR count). The molecular weight excluding hydrogens is 280 g/mol. The second kappa shape index (κ2) is 5.53. The molecule has 1 fully saturated rings. The van der Waals surface area contributed by atoms with E-state index in [-0.39, 0.29) is 22.2 Å². The van der Waals surface area contributed by atoms with Crippen LogP contribution in [-0.2, 0) is 10.0 Å². The summed E-state index contributed by atoms with van der Waals surface area (Å²) in [5.74, 6) is 0.129. The maximum Gasteiger partial charge on any atom is 0.275 e. The molecule has 8 heteroatoms. The number of primary sulfonamides is 1. The van der Waals surface area contributed by atoms with Gasteiger partial charge in [-0.15, -0.1) is 0 Å². The van der Waals surface area contributed by atoms with E-state index in [0.717, 1.165) is 12.8 Å². The van der Waals surface area contributed by atoms with Crippen molar-refractivity contribution in [3.05, 3.63) is 11.4 Å². The first-order chi connectivity index (χ1) is 9.34. The first kappa shape index (κ1) is 15.0. The number of nitrogens with two attached hydrogens (primary N) is 1. The number of rotatable bonds is 5. The Morgan fingerprint density at radius 2 is 2.15 bits per heavy atom. The van der Waals surface area contributed by atoms with Gasteiger partial charge in [0.2, 0.25) is 10.0 Å². The minimum absolute atomic E-state index is 0.105. The minimum atomic E-state index is -3.97. The molecule has 0 aliphatic heterocycles. The first-order valence-corrected chi connectivity index (χ1v) is 8.26. The van der Waals surface area contributed by atoms with Crippen LogP contribution in [0.1, 0.15) is 42.4 Å². The van der Waals surface area contributed by atoms with Gasteiger partial charge in [0.05, 0.1) is 5.69 Å². The molecule has 1 amide bonds. The number of sulfonamides is 1. The van der Waals surface area contributed by atoms with E-state index in [1.54, 1.807) is 4.90 Å². The first-order valence-electron chi connectivity index (χ1n) is 6.71. The van der Waals surface area contributed by atoms with Crippen molar-refractivity contribution in [2.75, 3.05) is 13.1 Å². The second-order valence-electron chi connectivity index (χ2n) is 5.21. The van der Waals surface area contributed by atoms with Gasteiger partial charge >= 0.3 is 0 Å². The fraction of sp³-hybridized carbons (Fsp3) is 0.667. The summed E-state index contributed by atoms with van der Waals surface area (Å²) in [6.45, 7) is 4.56. The number of amides is 1. The molecule has 0 radical (unpaired) electrons. The molecule has 1 saturated carbocycles. The standard InChI is InChI=1S/C12H20N4O3S/c1-3-16(7-9-5-4-6-9)12(17)10-11(20(13,18)19)8(2)14-15-10/h9H,3-7H2,1-2H3,(H,14,15)(H2,13,18,19). The van der Waals surface area contributed by atoms with Crippen LogP contribution in [0.3, 0.4) is 0 Å². The molecule has 3 N–H and O–H groups in total. The summed E-state index contributed by atoms with van der Waals surface area (Å²) in [7, 11) is -3.97. The van der Waals surface area contributed by atoms with Gasteiger partial charge in [0.25, 0.3) is 5.91 Å². The van der Waals surface area contributed by atoms with Gasteiger partial charge < -0.3 is 4.90 Å². The molecule has 0 unspecified atom stereocenters. The van der Waals surface area contributed by atoms with Crippen molar-refractivity contribution < 1.29 is 13.2 Å². The average Bonchev–Trinajstić information content (AvgIpc) is 2.69. The monoisotopic (exact) mass is 300 g/mol. The van der Waals surface area contributed by atoms with Crippen LogP contribution in [-0.4, -0.2) is 42.5 Å². The van der Waals surface area contributed by atoms with Gasteiger partial charge in [-0.05, 0) is 32.6 Å².